The van der Waals surface area contributed by atoms with Gasteiger partial charge in [-0.1, -0.05) is 0 Å². The van der Waals surface area contributed by atoms with Crippen LogP contribution in [0.25, 0.3) is 5.65 Å². The molecule has 0 aliphatic carbocycles. The summed E-state index contributed by atoms with van der Waals surface area (Å²) in [6.45, 7) is 5.31. The van der Waals surface area contributed by atoms with E-state index in [0.717, 1.165) is 0 Å². The van der Waals surface area contributed by atoms with E-state index in [9.17, 15) is 9.59 Å². The lowest BCUT2D eigenvalue weighted by molar-refractivity contribution is 0.00621. The molecular formula is C12H14N4O3. The summed E-state index contributed by atoms with van der Waals surface area (Å²) in [5, 5.41) is 0. The minimum atomic E-state index is -0.637. The molecule has 100 valence electrons. The van der Waals surface area contributed by atoms with E-state index >= 15 is 0 Å². The predicted octanol–water partition coefficient (Wildman–Crippen LogP) is 0.783. The summed E-state index contributed by atoms with van der Waals surface area (Å²) in [4.78, 5) is 30.8. The Morgan fingerprint density at radius 2 is 1.89 bits per heavy atom. The van der Waals surface area contributed by atoms with Crippen molar-refractivity contribution < 1.29 is 14.3 Å². The van der Waals surface area contributed by atoms with Gasteiger partial charge in [0.05, 0.1) is 6.20 Å². The van der Waals surface area contributed by atoms with Crippen molar-refractivity contribution in [3.63, 3.8) is 0 Å². The van der Waals surface area contributed by atoms with Gasteiger partial charge in [-0.2, -0.15) is 0 Å². The lowest BCUT2D eigenvalue weighted by Gasteiger charge is -2.18. The van der Waals surface area contributed by atoms with Gasteiger partial charge in [0.1, 0.15) is 11.3 Å². The minimum Gasteiger partial charge on any atom is -0.455 e. The van der Waals surface area contributed by atoms with Crippen molar-refractivity contribution in [2.45, 2.75) is 26.4 Å². The number of imidazole rings is 1. The number of nitrogens with two attached hydrogens (primary N) is 1. The standard InChI is InChI=1S/C12H14N4O3/c1-12(2,3)19-11(18)8-6-16-5-7(10(13)17)15-9(16)4-14-8/h4-6H,1-3H3,(H2,13,17). The van der Waals surface area contributed by atoms with Crippen molar-refractivity contribution in [3.05, 3.63) is 30.0 Å². The highest BCUT2D eigenvalue weighted by atomic mass is 16.6. The largest absolute Gasteiger partial charge is 0.455 e. The van der Waals surface area contributed by atoms with Crippen molar-refractivity contribution in [1.29, 1.82) is 0 Å². The molecule has 2 heterocycles. The van der Waals surface area contributed by atoms with Crippen molar-refractivity contribution in [1.82, 2.24) is 14.4 Å². The molecule has 0 aromatic carbocycles. The Kier molecular flexibility index (Phi) is 2.97. The SMILES string of the molecule is CC(C)(C)OC(=O)c1cn2cc(C(N)=O)nc2cn1. The zero-order valence-corrected chi connectivity index (χ0v) is 10.9. The maximum Gasteiger partial charge on any atom is 0.358 e. The van der Waals surface area contributed by atoms with Gasteiger partial charge in [0.15, 0.2) is 11.3 Å². The van der Waals surface area contributed by atoms with Crippen molar-refractivity contribution in [3.8, 4) is 0 Å². The fourth-order valence-corrected chi connectivity index (χ4v) is 1.45. The first-order chi connectivity index (χ1) is 8.76. The topological polar surface area (TPSA) is 99.6 Å². The molecule has 7 nitrogen and oxygen atoms in total. The lowest BCUT2D eigenvalue weighted by atomic mass is 10.2. The molecule has 0 radical (unpaired) electrons. The zero-order chi connectivity index (χ0) is 14.2. The molecular weight excluding hydrogens is 248 g/mol. The van der Waals surface area contributed by atoms with E-state index in [1.165, 1.54) is 23.0 Å². The van der Waals surface area contributed by atoms with Gasteiger partial charge in [-0.3, -0.25) is 4.79 Å². The third kappa shape index (κ3) is 2.87. The van der Waals surface area contributed by atoms with Crippen LogP contribution in [-0.4, -0.2) is 31.8 Å². The van der Waals surface area contributed by atoms with E-state index in [1.807, 2.05) is 0 Å². The van der Waals surface area contributed by atoms with Crippen LogP contribution >= 0.6 is 0 Å². The van der Waals surface area contributed by atoms with E-state index in [4.69, 9.17) is 10.5 Å². The Labute approximate surface area is 109 Å². The number of ether oxygens (including phenoxy) is 1. The smallest absolute Gasteiger partial charge is 0.358 e. The molecule has 0 fully saturated rings. The number of hydrogen-bond donors (Lipinski definition) is 1. The van der Waals surface area contributed by atoms with E-state index in [0.29, 0.717) is 5.65 Å². The van der Waals surface area contributed by atoms with Gasteiger partial charge in [-0.05, 0) is 20.8 Å². The van der Waals surface area contributed by atoms with E-state index in [-0.39, 0.29) is 11.4 Å². The van der Waals surface area contributed by atoms with Gasteiger partial charge in [0, 0.05) is 12.4 Å². The van der Waals surface area contributed by atoms with Gasteiger partial charge < -0.3 is 14.9 Å². The molecule has 0 saturated carbocycles. The predicted molar refractivity (Wildman–Crippen MR) is 66.7 cm³/mol. The highest BCUT2D eigenvalue weighted by Crippen LogP contribution is 2.11. The first-order valence-corrected chi connectivity index (χ1v) is 5.64. The Bertz CT molecular complexity index is 655. The van der Waals surface area contributed by atoms with E-state index < -0.39 is 17.5 Å². The van der Waals surface area contributed by atoms with Crippen LogP contribution in [0.1, 0.15) is 41.7 Å². The first kappa shape index (κ1) is 13.0. The Hall–Kier alpha value is -2.44. The average Bonchev–Trinajstić information content (AvgIpc) is 2.69. The lowest BCUT2D eigenvalue weighted by Crippen LogP contribution is -2.24. The van der Waals surface area contributed by atoms with Crippen molar-refractivity contribution in [2.75, 3.05) is 0 Å². The number of rotatable bonds is 2. The second kappa shape index (κ2) is 4.34. The number of nitrogens with zero attached hydrogens (tertiary/aromatic N) is 3. The number of esters is 1. The van der Waals surface area contributed by atoms with Crippen LogP contribution in [0.5, 0.6) is 0 Å². The van der Waals surface area contributed by atoms with Crippen LogP contribution < -0.4 is 5.73 Å². The number of carbonyl (C=O) groups excluding carboxylic acids is 2. The van der Waals surface area contributed by atoms with Crippen LogP contribution in [0, 0.1) is 0 Å². The summed E-state index contributed by atoms with van der Waals surface area (Å²) < 4.78 is 6.71. The number of aromatic nitrogens is 3. The molecule has 2 aromatic rings. The molecule has 1 amide bonds. The van der Waals surface area contributed by atoms with E-state index in [1.54, 1.807) is 20.8 Å². The van der Waals surface area contributed by atoms with Gasteiger partial charge >= 0.3 is 5.97 Å². The highest BCUT2D eigenvalue weighted by Gasteiger charge is 2.19. The Balaban J connectivity index is 2.36. The molecule has 0 unspecified atom stereocenters. The highest BCUT2D eigenvalue weighted by molar-refractivity contribution is 5.91. The molecule has 0 aliphatic heterocycles. The maximum absolute atomic E-state index is 11.8. The normalized spacial score (nSPS) is 11.5. The second-order valence-electron chi connectivity index (χ2n) is 5.03. The summed E-state index contributed by atoms with van der Waals surface area (Å²) in [6, 6.07) is 0. The molecule has 19 heavy (non-hydrogen) atoms. The molecule has 0 atom stereocenters. The van der Waals surface area contributed by atoms with Gasteiger partial charge in [-0.25, -0.2) is 14.8 Å². The van der Waals surface area contributed by atoms with Crippen molar-refractivity contribution in [2.24, 2.45) is 5.73 Å². The Morgan fingerprint density at radius 3 is 2.47 bits per heavy atom. The van der Waals surface area contributed by atoms with Gasteiger partial charge in [0.25, 0.3) is 5.91 Å². The number of amides is 1. The third-order valence-electron chi connectivity index (χ3n) is 2.20. The van der Waals surface area contributed by atoms with E-state index in [2.05, 4.69) is 9.97 Å². The van der Waals surface area contributed by atoms with Crippen molar-refractivity contribution >= 4 is 17.5 Å². The molecule has 2 rings (SSSR count). The van der Waals surface area contributed by atoms with Crippen LogP contribution in [0.2, 0.25) is 0 Å². The summed E-state index contributed by atoms with van der Waals surface area (Å²) in [6.07, 6.45) is 4.27. The summed E-state index contributed by atoms with van der Waals surface area (Å²) in [7, 11) is 0. The summed E-state index contributed by atoms with van der Waals surface area (Å²) in [5.74, 6) is -1.17. The minimum absolute atomic E-state index is 0.114. The third-order valence-corrected chi connectivity index (χ3v) is 2.20. The monoisotopic (exact) mass is 262 g/mol. The zero-order valence-electron chi connectivity index (χ0n) is 10.9. The summed E-state index contributed by atoms with van der Waals surface area (Å²) in [5.41, 5.74) is 5.22. The second-order valence-corrected chi connectivity index (χ2v) is 5.03. The summed E-state index contributed by atoms with van der Waals surface area (Å²) >= 11 is 0. The molecule has 0 bridgehead atoms. The molecule has 7 heteroatoms. The van der Waals surface area contributed by atoms with Crippen LogP contribution in [0.4, 0.5) is 0 Å². The van der Waals surface area contributed by atoms with Crippen LogP contribution in [0.3, 0.4) is 0 Å². The molecule has 2 N–H and O–H groups in total. The number of hydrogen-bond acceptors (Lipinski definition) is 5. The number of primary amides is 1. The average molecular weight is 262 g/mol. The Morgan fingerprint density at radius 1 is 1.26 bits per heavy atom. The quantitative estimate of drug-likeness (QED) is 0.806. The van der Waals surface area contributed by atoms with Gasteiger partial charge in [-0.15, -0.1) is 0 Å². The fourth-order valence-electron chi connectivity index (χ4n) is 1.45. The number of fused-ring (bicyclic) bond motifs is 1. The molecule has 2 aromatic heterocycles. The van der Waals surface area contributed by atoms with Crippen LogP contribution in [0.15, 0.2) is 18.6 Å². The molecule has 0 spiro atoms. The first-order valence-electron chi connectivity index (χ1n) is 5.64. The van der Waals surface area contributed by atoms with Crippen LogP contribution in [-0.2, 0) is 4.74 Å². The van der Waals surface area contributed by atoms with Gasteiger partial charge in [0.2, 0.25) is 0 Å². The number of carbonyl (C=O) groups is 2. The molecule has 0 aliphatic rings. The molecule has 0 saturated heterocycles. The fraction of sp³-hybridized carbons (Fsp3) is 0.333. The maximum atomic E-state index is 11.8.